The van der Waals surface area contributed by atoms with E-state index in [-0.39, 0.29) is 21.5 Å². The number of sulfonamides is 1. The summed E-state index contributed by atoms with van der Waals surface area (Å²) in [5, 5.41) is 1.17. The van der Waals surface area contributed by atoms with Crippen LogP contribution in [-0.4, -0.2) is 19.8 Å². The monoisotopic (exact) mass is 397 g/mol. The van der Waals surface area contributed by atoms with E-state index in [9.17, 15) is 8.42 Å². The molecule has 0 spiro atoms. The van der Waals surface area contributed by atoms with Crippen molar-refractivity contribution in [1.29, 1.82) is 0 Å². The number of nitrogens with zero attached hydrogens (tertiary/aromatic N) is 1. The third kappa shape index (κ3) is 3.70. The molecule has 118 valence electrons. The quantitative estimate of drug-likeness (QED) is 0.716. The average Bonchev–Trinajstić information content (AvgIpc) is 2.45. The van der Waals surface area contributed by atoms with Crippen LogP contribution in [0.1, 0.15) is 5.56 Å². The van der Waals surface area contributed by atoms with Gasteiger partial charge in [-0.3, -0.25) is 0 Å². The largest absolute Gasteiger partial charge is 0.244 e. The van der Waals surface area contributed by atoms with E-state index >= 15 is 0 Å². The highest BCUT2D eigenvalue weighted by molar-refractivity contribution is 7.89. The predicted molar refractivity (Wildman–Crippen MR) is 91.6 cm³/mol. The van der Waals surface area contributed by atoms with Crippen molar-refractivity contribution in [2.24, 2.45) is 0 Å². The Bertz CT molecular complexity index is 788. The van der Waals surface area contributed by atoms with E-state index < -0.39 is 10.0 Å². The Morgan fingerprint density at radius 2 is 1.55 bits per heavy atom. The summed E-state index contributed by atoms with van der Waals surface area (Å²) in [6.45, 7) is 0.0175. The first kappa shape index (κ1) is 17.9. The molecular weight excluding hydrogens is 388 g/mol. The Morgan fingerprint density at radius 3 is 2.14 bits per heavy atom. The van der Waals surface area contributed by atoms with E-state index in [4.69, 9.17) is 46.4 Å². The minimum Gasteiger partial charge on any atom is -0.207 e. The number of hydrogen-bond donors (Lipinski definition) is 0. The summed E-state index contributed by atoms with van der Waals surface area (Å²) in [5.41, 5.74) is 0.523. The standard InChI is InChI=1S/C14H11Cl4NO2S/c1-19(8-10-11(16)3-2-4-12(10)17)22(20,21)14-7-9(15)5-6-13(14)18/h2-7H,8H2,1H3. The minimum absolute atomic E-state index is 0.0175. The van der Waals surface area contributed by atoms with E-state index in [0.717, 1.165) is 4.31 Å². The lowest BCUT2D eigenvalue weighted by atomic mass is 10.2. The minimum atomic E-state index is -3.82. The van der Waals surface area contributed by atoms with Gasteiger partial charge in [0.1, 0.15) is 4.90 Å². The van der Waals surface area contributed by atoms with Gasteiger partial charge in [0.25, 0.3) is 0 Å². The summed E-state index contributed by atoms with van der Waals surface area (Å²) < 4.78 is 26.4. The summed E-state index contributed by atoms with van der Waals surface area (Å²) in [6, 6.07) is 9.26. The van der Waals surface area contributed by atoms with E-state index in [1.54, 1.807) is 18.2 Å². The molecule has 0 radical (unpaired) electrons. The lowest BCUT2D eigenvalue weighted by Crippen LogP contribution is -2.27. The summed E-state index contributed by atoms with van der Waals surface area (Å²) in [7, 11) is -2.40. The first-order valence-corrected chi connectivity index (χ1v) is 9.03. The molecule has 0 aliphatic rings. The molecule has 0 aliphatic heterocycles. The molecule has 0 N–H and O–H groups in total. The van der Waals surface area contributed by atoms with Crippen LogP contribution in [0.15, 0.2) is 41.3 Å². The zero-order chi connectivity index (χ0) is 16.5. The summed E-state index contributed by atoms with van der Waals surface area (Å²) in [5.74, 6) is 0. The number of hydrogen-bond acceptors (Lipinski definition) is 2. The maximum atomic E-state index is 12.6. The lowest BCUT2D eigenvalue weighted by Gasteiger charge is -2.19. The molecule has 2 aromatic rings. The van der Waals surface area contributed by atoms with E-state index in [1.807, 2.05) is 0 Å². The second kappa shape index (κ2) is 6.95. The molecule has 0 aliphatic carbocycles. The normalized spacial score (nSPS) is 11.9. The van der Waals surface area contributed by atoms with Crippen molar-refractivity contribution >= 4 is 56.4 Å². The Morgan fingerprint density at radius 1 is 0.955 bits per heavy atom. The van der Waals surface area contributed by atoms with Crippen LogP contribution in [0.5, 0.6) is 0 Å². The first-order valence-electron chi connectivity index (χ1n) is 6.08. The number of rotatable bonds is 4. The lowest BCUT2D eigenvalue weighted by molar-refractivity contribution is 0.467. The van der Waals surface area contributed by atoms with Crippen LogP contribution in [0.4, 0.5) is 0 Å². The highest BCUT2D eigenvalue weighted by Crippen LogP contribution is 2.30. The molecule has 0 unspecified atom stereocenters. The molecule has 0 atom stereocenters. The van der Waals surface area contributed by atoms with Gasteiger partial charge in [0.05, 0.1) is 5.02 Å². The molecule has 3 nitrogen and oxygen atoms in total. The van der Waals surface area contributed by atoms with Gasteiger partial charge in [-0.05, 0) is 30.3 Å². The van der Waals surface area contributed by atoms with Crippen molar-refractivity contribution in [2.75, 3.05) is 7.05 Å². The third-order valence-corrected chi connectivity index (χ3v) is 6.25. The van der Waals surface area contributed by atoms with E-state index in [2.05, 4.69) is 0 Å². The summed E-state index contributed by atoms with van der Waals surface area (Å²) in [4.78, 5) is -0.0626. The fraction of sp³-hybridized carbons (Fsp3) is 0.143. The van der Waals surface area contributed by atoms with Gasteiger partial charge < -0.3 is 0 Å². The Labute approximate surface area is 149 Å². The van der Waals surface area contributed by atoms with Crippen molar-refractivity contribution in [3.05, 3.63) is 62.1 Å². The van der Waals surface area contributed by atoms with Crippen molar-refractivity contribution in [3.63, 3.8) is 0 Å². The zero-order valence-electron chi connectivity index (χ0n) is 11.4. The Hall–Kier alpha value is -0.490. The molecule has 0 fully saturated rings. The molecule has 2 aromatic carbocycles. The van der Waals surface area contributed by atoms with Crippen molar-refractivity contribution in [2.45, 2.75) is 11.4 Å². The van der Waals surface area contributed by atoms with Gasteiger partial charge in [-0.15, -0.1) is 0 Å². The van der Waals surface area contributed by atoms with E-state index in [0.29, 0.717) is 15.6 Å². The smallest absolute Gasteiger partial charge is 0.207 e. The van der Waals surface area contributed by atoms with Crippen molar-refractivity contribution < 1.29 is 8.42 Å². The Kier molecular flexibility index (Phi) is 5.64. The Balaban J connectivity index is 2.40. The van der Waals surface area contributed by atoms with Gasteiger partial charge >= 0.3 is 0 Å². The van der Waals surface area contributed by atoms with Gasteiger partial charge in [-0.25, -0.2) is 8.42 Å². The van der Waals surface area contributed by atoms with Crippen LogP contribution in [0, 0.1) is 0 Å². The van der Waals surface area contributed by atoms with Gasteiger partial charge in [-0.1, -0.05) is 52.5 Å². The average molecular weight is 399 g/mol. The molecule has 0 bridgehead atoms. The molecule has 22 heavy (non-hydrogen) atoms. The molecule has 0 amide bonds. The summed E-state index contributed by atoms with van der Waals surface area (Å²) in [6.07, 6.45) is 0. The second-order valence-corrected chi connectivity index (χ2v) is 8.21. The molecule has 0 heterocycles. The van der Waals surface area contributed by atoms with Crippen LogP contribution >= 0.6 is 46.4 Å². The maximum absolute atomic E-state index is 12.6. The fourth-order valence-electron chi connectivity index (χ4n) is 1.83. The summed E-state index contributed by atoms with van der Waals surface area (Å²) >= 11 is 24.0. The van der Waals surface area contributed by atoms with Crippen LogP contribution in [0.25, 0.3) is 0 Å². The molecule has 0 saturated heterocycles. The van der Waals surface area contributed by atoms with E-state index in [1.165, 1.54) is 25.2 Å². The molecular formula is C14H11Cl4NO2S. The predicted octanol–water partition coefficient (Wildman–Crippen LogP) is 5.12. The SMILES string of the molecule is CN(Cc1c(Cl)cccc1Cl)S(=O)(=O)c1cc(Cl)ccc1Cl. The van der Waals surface area contributed by atoms with Gasteiger partial charge in [-0.2, -0.15) is 4.31 Å². The number of benzene rings is 2. The first-order chi connectivity index (χ1) is 10.2. The van der Waals surface area contributed by atoms with Crippen LogP contribution in [-0.2, 0) is 16.6 Å². The molecule has 8 heteroatoms. The zero-order valence-corrected chi connectivity index (χ0v) is 15.2. The fourth-order valence-corrected chi connectivity index (χ4v) is 4.22. The van der Waals surface area contributed by atoms with Crippen molar-refractivity contribution in [1.82, 2.24) is 4.31 Å². The van der Waals surface area contributed by atoms with Gasteiger partial charge in [0.2, 0.25) is 10.0 Å². The van der Waals surface area contributed by atoms with Crippen molar-refractivity contribution in [3.8, 4) is 0 Å². The topological polar surface area (TPSA) is 37.4 Å². The highest BCUT2D eigenvalue weighted by Gasteiger charge is 2.25. The van der Waals surface area contributed by atoms with Gasteiger partial charge in [0.15, 0.2) is 0 Å². The van der Waals surface area contributed by atoms with Gasteiger partial charge in [0, 0.05) is 34.2 Å². The van der Waals surface area contributed by atoms with Crippen LogP contribution in [0.2, 0.25) is 20.1 Å². The van der Waals surface area contributed by atoms with Crippen LogP contribution in [0.3, 0.4) is 0 Å². The third-order valence-electron chi connectivity index (χ3n) is 3.02. The maximum Gasteiger partial charge on any atom is 0.244 e. The highest BCUT2D eigenvalue weighted by atomic mass is 35.5. The number of halogens is 4. The molecule has 0 saturated carbocycles. The second-order valence-electron chi connectivity index (χ2n) is 4.54. The van der Waals surface area contributed by atoms with Crippen LogP contribution < -0.4 is 0 Å². The molecule has 2 rings (SSSR count). The molecule has 0 aromatic heterocycles.